The molecule has 0 bridgehead atoms. The van der Waals surface area contributed by atoms with Gasteiger partial charge in [0.2, 0.25) is 10.0 Å². The van der Waals surface area contributed by atoms with E-state index in [9.17, 15) is 17.2 Å². The van der Waals surface area contributed by atoms with E-state index in [0.717, 1.165) is 37.8 Å². The Balaban J connectivity index is 2.47. The Kier molecular flexibility index (Phi) is 4.63. The van der Waals surface area contributed by atoms with Gasteiger partial charge in [0, 0.05) is 12.6 Å². The molecule has 0 atom stereocenters. The quantitative estimate of drug-likeness (QED) is 0.671. The molecule has 0 saturated heterocycles. The molecular formula is C14H18F2N2O2S. The highest BCUT2D eigenvalue weighted by atomic mass is 32.2. The number of nitrogen functional groups attached to an aromatic ring is 1. The van der Waals surface area contributed by atoms with Crippen LogP contribution in [0.15, 0.2) is 29.7 Å². The van der Waals surface area contributed by atoms with E-state index in [4.69, 9.17) is 5.73 Å². The van der Waals surface area contributed by atoms with Crippen LogP contribution >= 0.6 is 0 Å². The van der Waals surface area contributed by atoms with Crippen LogP contribution in [0.3, 0.4) is 0 Å². The lowest BCUT2D eigenvalue weighted by atomic mass is 10.2. The largest absolute Gasteiger partial charge is 0.394 e. The topological polar surface area (TPSA) is 63.4 Å². The van der Waals surface area contributed by atoms with Crippen molar-refractivity contribution in [2.45, 2.75) is 36.6 Å². The Morgan fingerprint density at radius 1 is 1.33 bits per heavy atom. The Morgan fingerprint density at radius 3 is 2.52 bits per heavy atom. The Bertz CT molecular complexity index is 641. The first-order chi connectivity index (χ1) is 9.89. The molecule has 0 unspecified atom stereocenters. The molecule has 2 rings (SSSR count). The molecule has 0 radical (unpaired) electrons. The van der Waals surface area contributed by atoms with Gasteiger partial charge in [0.15, 0.2) is 5.82 Å². The summed E-state index contributed by atoms with van der Waals surface area (Å²) in [6.45, 7) is 3.64. The predicted molar refractivity (Wildman–Crippen MR) is 77.1 cm³/mol. The third-order valence-corrected chi connectivity index (χ3v) is 5.65. The van der Waals surface area contributed by atoms with Crippen molar-refractivity contribution in [3.05, 3.63) is 36.4 Å². The molecule has 1 aromatic carbocycles. The number of sulfonamides is 1. The standard InChI is InChI=1S/C14H18F2N2O2S/c1-2-9-18(10-5-3-4-6-10)21(19,20)12-8-7-11(15)14(17)13(12)16/h2,7-8,10H,1,3-6,9,17H2. The van der Waals surface area contributed by atoms with Crippen molar-refractivity contribution in [1.82, 2.24) is 4.31 Å². The molecule has 0 spiro atoms. The van der Waals surface area contributed by atoms with Crippen LogP contribution in [0.5, 0.6) is 0 Å². The van der Waals surface area contributed by atoms with E-state index in [2.05, 4.69) is 6.58 Å². The molecule has 1 saturated carbocycles. The number of halogens is 2. The minimum Gasteiger partial charge on any atom is -0.394 e. The van der Waals surface area contributed by atoms with Gasteiger partial charge in [-0.2, -0.15) is 4.31 Å². The summed E-state index contributed by atoms with van der Waals surface area (Å²) in [4.78, 5) is -0.588. The Labute approximate surface area is 123 Å². The molecule has 4 nitrogen and oxygen atoms in total. The van der Waals surface area contributed by atoms with E-state index in [0.29, 0.717) is 0 Å². The van der Waals surface area contributed by atoms with Crippen LogP contribution in [0, 0.1) is 11.6 Å². The van der Waals surface area contributed by atoms with Crippen LogP contribution in [0.1, 0.15) is 25.7 Å². The number of nitrogens with two attached hydrogens (primary N) is 1. The second-order valence-electron chi connectivity index (χ2n) is 5.07. The molecule has 21 heavy (non-hydrogen) atoms. The highest BCUT2D eigenvalue weighted by Crippen LogP contribution is 2.31. The predicted octanol–water partition coefficient (Wildman–Crippen LogP) is 2.67. The highest BCUT2D eigenvalue weighted by molar-refractivity contribution is 7.89. The van der Waals surface area contributed by atoms with Crippen molar-refractivity contribution >= 4 is 15.7 Å². The number of anilines is 1. The summed E-state index contributed by atoms with van der Waals surface area (Å²) >= 11 is 0. The van der Waals surface area contributed by atoms with Crippen LogP contribution in [0.4, 0.5) is 14.5 Å². The SMILES string of the molecule is C=CCN(C1CCCC1)S(=O)(=O)c1ccc(F)c(N)c1F. The molecular weight excluding hydrogens is 298 g/mol. The number of benzene rings is 1. The molecule has 1 aliphatic carbocycles. The molecule has 116 valence electrons. The van der Waals surface area contributed by atoms with Crippen LogP contribution in [-0.2, 0) is 10.0 Å². The zero-order valence-electron chi connectivity index (χ0n) is 11.6. The summed E-state index contributed by atoms with van der Waals surface area (Å²) in [7, 11) is -4.08. The van der Waals surface area contributed by atoms with Crippen molar-refractivity contribution < 1.29 is 17.2 Å². The summed E-state index contributed by atoms with van der Waals surface area (Å²) in [6, 6.07) is 1.60. The van der Waals surface area contributed by atoms with Gasteiger partial charge >= 0.3 is 0 Å². The van der Waals surface area contributed by atoms with E-state index >= 15 is 0 Å². The summed E-state index contributed by atoms with van der Waals surface area (Å²) in [5.74, 6) is -2.20. The second kappa shape index (κ2) is 6.11. The average Bonchev–Trinajstić information content (AvgIpc) is 2.95. The molecule has 1 aliphatic rings. The van der Waals surface area contributed by atoms with Crippen molar-refractivity contribution in [3.63, 3.8) is 0 Å². The van der Waals surface area contributed by atoms with Gasteiger partial charge in [-0.25, -0.2) is 17.2 Å². The molecule has 0 amide bonds. The van der Waals surface area contributed by atoms with E-state index in [1.165, 1.54) is 10.4 Å². The fourth-order valence-corrected chi connectivity index (χ4v) is 4.37. The summed E-state index contributed by atoms with van der Waals surface area (Å²) in [5.41, 5.74) is 4.48. The first-order valence-corrected chi connectivity index (χ1v) is 8.19. The average molecular weight is 316 g/mol. The maximum absolute atomic E-state index is 14.0. The Morgan fingerprint density at radius 2 is 1.95 bits per heavy atom. The van der Waals surface area contributed by atoms with E-state index in [1.807, 2.05) is 0 Å². The van der Waals surface area contributed by atoms with Gasteiger partial charge in [-0.05, 0) is 25.0 Å². The van der Waals surface area contributed by atoms with E-state index < -0.39 is 32.2 Å². The lowest BCUT2D eigenvalue weighted by molar-refractivity contribution is 0.346. The number of nitrogens with zero attached hydrogens (tertiary/aromatic N) is 1. The van der Waals surface area contributed by atoms with Crippen molar-refractivity contribution in [2.24, 2.45) is 0 Å². The normalized spacial score (nSPS) is 16.5. The molecule has 2 N–H and O–H groups in total. The first kappa shape index (κ1) is 15.9. The first-order valence-electron chi connectivity index (χ1n) is 6.75. The molecule has 0 heterocycles. The lowest BCUT2D eigenvalue weighted by Gasteiger charge is -2.27. The number of hydrogen-bond donors (Lipinski definition) is 1. The minimum absolute atomic E-state index is 0.0870. The molecule has 7 heteroatoms. The van der Waals surface area contributed by atoms with Gasteiger partial charge in [-0.3, -0.25) is 0 Å². The Hall–Kier alpha value is -1.47. The fraction of sp³-hybridized carbons (Fsp3) is 0.429. The second-order valence-corrected chi connectivity index (χ2v) is 6.93. The summed E-state index contributed by atoms with van der Waals surface area (Å²) in [6.07, 6.45) is 4.78. The van der Waals surface area contributed by atoms with Gasteiger partial charge in [-0.15, -0.1) is 6.58 Å². The van der Waals surface area contributed by atoms with Gasteiger partial charge in [0.05, 0.1) is 0 Å². The molecule has 0 aliphatic heterocycles. The third-order valence-electron chi connectivity index (χ3n) is 3.72. The van der Waals surface area contributed by atoms with Gasteiger partial charge in [0.1, 0.15) is 16.4 Å². The zero-order chi connectivity index (χ0) is 15.6. The van der Waals surface area contributed by atoms with Gasteiger partial charge in [0.25, 0.3) is 0 Å². The lowest BCUT2D eigenvalue weighted by Crippen LogP contribution is -2.39. The maximum atomic E-state index is 14.0. The van der Waals surface area contributed by atoms with Crippen LogP contribution < -0.4 is 5.73 Å². The fourth-order valence-electron chi connectivity index (χ4n) is 2.64. The van der Waals surface area contributed by atoms with Crippen molar-refractivity contribution in [1.29, 1.82) is 0 Å². The number of hydrogen-bond acceptors (Lipinski definition) is 3. The number of rotatable bonds is 5. The maximum Gasteiger partial charge on any atom is 0.246 e. The monoisotopic (exact) mass is 316 g/mol. The van der Waals surface area contributed by atoms with Crippen LogP contribution in [0.2, 0.25) is 0 Å². The van der Waals surface area contributed by atoms with Crippen LogP contribution in [-0.4, -0.2) is 25.3 Å². The zero-order valence-corrected chi connectivity index (χ0v) is 12.4. The highest BCUT2D eigenvalue weighted by Gasteiger charge is 2.34. The van der Waals surface area contributed by atoms with Crippen molar-refractivity contribution in [2.75, 3.05) is 12.3 Å². The van der Waals surface area contributed by atoms with E-state index in [1.54, 1.807) is 0 Å². The van der Waals surface area contributed by atoms with Gasteiger partial charge < -0.3 is 5.73 Å². The van der Waals surface area contributed by atoms with E-state index in [-0.39, 0.29) is 12.6 Å². The molecule has 0 aromatic heterocycles. The smallest absolute Gasteiger partial charge is 0.246 e. The third kappa shape index (κ3) is 2.94. The van der Waals surface area contributed by atoms with Crippen LogP contribution in [0.25, 0.3) is 0 Å². The van der Waals surface area contributed by atoms with Crippen molar-refractivity contribution in [3.8, 4) is 0 Å². The van der Waals surface area contributed by atoms with Gasteiger partial charge in [-0.1, -0.05) is 18.9 Å². The minimum atomic E-state index is -4.08. The molecule has 1 aromatic rings. The molecule has 1 fully saturated rings. The summed E-state index contributed by atoms with van der Waals surface area (Å²) in [5, 5.41) is 0. The summed E-state index contributed by atoms with van der Waals surface area (Å²) < 4.78 is 53.8.